The van der Waals surface area contributed by atoms with Crippen molar-refractivity contribution in [2.24, 2.45) is 11.8 Å². The first-order valence-corrected chi connectivity index (χ1v) is 6.48. The first kappa shape index (κ1) is 15.9. The van der Waals surface area contributed by atoms with Crippen molar-refractivity contribution < 1.29 is 19.8 Å². The topological polar surface area (TPSA) is 74.6 Å². The van der Waals surface area contributed by atoms with Gasteiger partial charge in [-0.1, -0.05) is 33.1 Å². The minimum absolute atomic E-state index is 0.309. The molecule has 0 aliphatic carbocycles. The molecule has 0 aromatic rings. The smallest absolute Gasteiger partial charge is 0.306 e. The van der Waals surface area contributed by atoms with E-state index in [0.717, 1.165) is 12.8 Å². The van der Waals surface area contributed by atoms with E-state index in [-0.39, 0.29) is 11.8 Å². The number of aliphatic carboxylic acids is 2. The molecule has 2 unspecified atom stereocenters. The number of carboxylic acids is 2. The van der Waals surface area contributed by atoms with Crippen LogP contribution in [0.1, 0.15) is 58.8 Å². The Bertz CT molecular complexity index is 214. The van der Waals surface area contributed by atoms with E-state index in [1.54, 1.807) is 0 Å². The van der Waals surface area contributed by atoms with Crippen LogP contribution in [0, 0.1) is 11.8 Å². The quantitative estimate of drug-likeness (QED) is 0.619. The van der Waals surface area contributed by atoms with Gasteiger partial charge in [-0.2, -0.15) is 0 Å². The summed E-state index contributed by atoms with van der Waals surface area (Å²) in [6.45, 7) is 3.93. The van der Waals surface area contributed by atoms with Crippen LogP contribution in [0.25, 0.3) is 0 Å². The summed E-state index contributed by atoms with van der Waals surface area (Å²) in [6.07, 6.45) is 4.95. The fraction of sp³-hybridized carbons (Fsp3) is 0.846. The molecule has 0 amide bonds. The first-order valence-electron chi connectivity index (χ1n) is 6.48. The second kappa shape index (κ2) is 9.02. The summed E-state index contributed by atoms with van der Waals surface area (Å²) in [5.74, 6) is -2.13. The molecule has 0 bridgehead atoms. The second-order valence-electron chi connectivity index (χ2n) is 4.58. The summed E-state index contributed by atoms with van der Waals surface area (Å²) >= 11 is 0. The maximum atomic E-state index is 10.9. The van der Waals surface area contributed by atoms with Gasteiger partial charge in [0.25, 0.3) is 0 Å². The van der Waals surface area contributed by atoms with Gasteiger partial charge in [-0.15, -0.1) is 0 Å². The van der Waals surface area contributed by atoms with Gasteiger partial charge in [-0.05, 0) is 25.7 Å². The Hall–Kier alpha value is -1.06. The molecule has 4 heteroatoms. The van der Waals surface area contributed by atoms with Gasteiger partial charge in [-0.3, -0.25) is 9.59 Å². The molecule has 0 aromatic carbocycles. The van der Waals surface area contributed by atoms with Crippen LogP contribution in [0.2, 0.25) is 0 Å². The molecule has 0 saturated heterocycles. The Morgan fingerprint density at radius 1 is 0.824 bits per heavy atom. The summed E-state index contributed by atoms with van der Waals surface area (Å²) in [5.41, 5.74) is 0. The predicted molar refractivity (Wildman–Crippen MR) is 65.9 cm³/mol. The van der Waals surface area contributed by atoms with Crippen molar-refractivity contribution >= 4 is 11.9 Å². The van der Waals surface area contributed by atoms with Crippen molar-refractivity contribution in [2.45, 2.75) is 58.8 Å². The first-order chi connectivity index (χ1) is 8.02. The molecule has 0 spiro atoms. The zero-order chi connectivity index (χ0) is 13.3. The Morgan fingerprint density at radius 3 is 1.41 bits per heavy atom. The van der Waals surface area contributed by atoms with Crippen molar-refractivity contribution in [3.63, 3.8) is 0 Å². The number of hydrogen-bond acceptors (Lipinski definition) is 2. The molecule has 4 nitrogen and oxygen atoms in total. The number of rotatable bonds is 10. The molecule has 0 radical (unpaired) electrons. The largest absolute Gasteiger partial charge is 0.481 e. The fourth-order valence-electron chi connectivity index (χ4n) is 2.09. The Labute approximate surface area is 103 Å². The summed E-state index contributed by atoms with van der Waals surface area (Å²) < 4.78 is 0. The average Bonchev–Trinajstić information content (AvgIpc) is 2.26. The molecule has 0 rings (SSSR count). The summed E-state index contributed by atoms with van der Waals surface area (Å²) in [7, 11) is 0. The molecular formula is C13H24O4. The van der Waals surface area contributed by atoms with Crippen LogP contribution in [0.5, 0.6) is 0 Å². The van der Waals surface area contributed by atoms with Crippen LogP contribution in [0.3, 0.4) is 0 Å². The standard InChI is InChI=1S/C13H24O4/c1-3-6-10(12(14)15)8-5-9-11(7-4-2)13(16)17/h10-11H,3-9H2,1-2H3,(H,14,15)(H,16,17). The normalized spacial score (nSPS) is 14.2. The summed E-state index contributed by atoms with van der Waals surface area (Å²) in [5, 5.41) is 17.9. The van der Waals surface area contributed by atoms with Gasteiger partial charge >= 0.3 is 11.9 Å². The van der Waals surface area contributed by atoms with Crippen LogP contribution in [0.15, 0.2) is 0 Å². The SMILES string of the molecule is CCCC(CCCC(CCC)C(=O)O)C(=O)O. The Morgan fingerprint density at radius 2 is 1.18 bits per heavy atom. The monoisotopic (exact) mass is 244 g/mol. The number of hydrogen-bond donors (Lipinski definition) is 2. The zero-order valence-electron chi connectivity index (χ0n) is 10.8. The van der Waals surface area contributed by atoms with E-state index in [9.17, 15) is 9.59 Å². The van der Waals surface area contributed by atoms with Crippen molar-refractivity contribution in [3.05, 3.63) is 0 Å². The lowest BCUT2D eigenvalue weighted by molar-refractivity contribution is -0.142. The third kappa shape index (κ3) is 6.97. The van der Waals surface area contributed by atoms with Gasteiger partial charge in [0.1, 0.15) is 0 Å². The average molecular weight is 244 g/mol. The third-order valence-electron chi connectivity index (χ3n) is 3.08. The molecule has 0 heterocycles. The molecule has 100 valence electrons. The molecule has 2 N–H and O–H groups in total. The van der Waals surface area contributed by atoms with Gasteiger partial charge in [0.05, 0.1) is 11.8 Å². The molecule has 2 atom stereocenters. The minimum atomic E-state index is -0.755. The number of carbonyl (C=O) groups is 2. The Balaban J connectivity index is 3.99. The maximum Gasteiger partial charge on any atom is 0.306 e. The molecule has 0 aliphatic heterocycles. The third-order valence-corrected chi connectivity index (χ3v) is 3.08. The van der Waals surface area contributed by atoms with E-state index < -0.39 is 11.9 Å². The van der Waals surface area contributed by atoms with Crippen LogP contribution in [0.4, 0.5) is 0 Å². The second-order valence-corrected chi connectivity index (χ2v) is 4.58. The summed E-state index contributed by atoms with van der Waals surface area (Å²) in [6, 6.07) is 0. The van der Waals surface area contributed by atoms with Gasteiger partial charge in [-0.25, -0.2) is 0 Å². The van der Waals surface area contributed by atoms with Gasteiger partial charge in [0, 0.05) is 0 Å². The van der Waals surface area contributed by atoms with Crippen molar-refractivity contribution in [1.29, 1.82) is 0 Å². The Kier molecular flexibility index (Phi) is 8.46. The zero-order valence-corrected chi connectivity index (χ0v) is 10.8. The van der Waals surface area contributed by atoms with Crippen LogP contribution < -0.4 is 0 Å². The highest BCUT2D eigenvalue weighted by Crippen LogP contribution is 2.20. The van der Waals surface area contributed by atoms with E-state index >= 15 is 0 Å². The highest BCUT2D eigenvalue weighted by Gasteiger charge is 2.19. The molecule has 0 fully saturated rings. The minimum Gasteiger partial charge on any atom is -0.481 e. The van der Waals surface area contributed by atoms with Crippen molar-refractivity contribution in [1.82, 2.24) is 0 Å². The van der Waals surface area contributed by atoms with E-state index in [2.05, 4.69) is 0 Å². The fourth-order valence-corrected chi connectivity index (χ4v) is 2.09. The van der Waals surface area contributed by atoms with E-state index in [0.29, 0.717) is 32.1 Å². The lowest BCUT2D eigenvalue weighted by atomic mass is 9.92. The molecule has 0 saturated carbocycles. The van der Waals surface area contributed by atoms with Gasteiger partial charge < -0.3 is 10.2 Å². The number of carboxylic acid groups (broad SMARTS) is 2. The van der Waals surface area contributed by atoms with Crippen LogP contribution in [-0.4, -0.2) is 22.2 Å². The molecular weight excluding hydrogens is 220 g/mol. The van der Waals surface area contributed by atoms with E-state index in [1.165, 1.54) is 0 Å². The highest BCUT2D eigenvalue weighted by molar-refractivity contribution is 5.70. The molecule has 0 aliphatic rings. The molecule has 0 aromatic heterocycles. The predicted octanol–water partition coefficient (Wildman–Crippen LogP) is 3.16. The van der Waals surface area contributed by atoms with Crippen molar-refractivity contribution in [3.8, 4) is 0 Å². The van der Waals surface area contributed by atoms with E-state index in [4.69, 9.17) is 10.2 Å². The van der Waals surface area contributed by atoms with Crippen molar-refractivity contribution in [2.75, 3.05) is 0 Å². The van der Waals surface area contributed by atoms with Gasteiger partial charge in [0.15, 0.2) is 0 Å². The lowest BCUT2D eigenvalue weighted by Crippen LogP contribution is -2.16. The highest BCUT2D eigenvalue weighted by atomic mass is 16.4. The summed E-state index contributed by atoms with van der Waals surface area (Å²) in [4.78, 5) is 21.8. The molecule has 17 heavy (non-hydrogen) atoms. The lowest BCUT2D eigenvalue weighted by Gasteiger charge is -2.14. The van der Waals surface area contributed by atoms with Gasteiger partial charge in [0.2, 0.25) is 0 Å². The maximum absolute atomic E-state index is 10.9. The van der Waals surface area contributed by atoms with Crippen LogP contribution in [-0.2, 0) is 9.59 Å². The van der Waals surface area contributed by atoms with Crippen LogP contribution >= 0.6 is 0 Å². The van der Waals surface area contributed by atoms with E-state index in [1.807, 2.05) is 13.8 Å².